The van der Waals surface area contributed by atoms with Gasteiger partial charge in [-0.05, 0) is 18.6 Å². The van der Waals surface area contributed by atoms with Crippen molar-refractivity contribution in [1.29, 1.82) is 0 Å². The minimum atomic E-state index is -3.86. The van der Waals surface area contributed by atoms with Gasteiger partial charge in [0.2, 0.25) is 10.0 Å². The molecule has 1 amide bonds. The van der Waals surface area contributed by atoms with E-state index in [-0.39, 0.29) is 15.8 Å². The molecule has 1 atom stereocenters. The second-order valence-corrected chi connectivity index (χ2v) is 7.67. The van der Waals surface area contributed by atoms with E-state index in [4.69, 9.17) is 9.88 Å². The summed E-state index contributed by atoms with van der Waals surface area (Å²) in [5.74, 6) is -1.25. The molecule has 3 N–H and O–H groups in total. The summed E-state index contributed by atoms with van der Waals surface area (Å²) in [6.45, 7) is 1.35. The zero-order valence-corrected chi connectivity index (χ0v) is 14.4. The molecule has 0 aliphatic heterocycles. The Morgan fingerprint density at radius 3 is 2.54 bits per heavy atom. The summed E-state index contributed by atoms with van der Waals surface area (Å²) in [5.41, 5.74) is 0.959. The Hall–Kier alpha value is -2.23. The van der Waals surface area contributed by atoms with E-state index >= 15 is 0 Å². The number of thiophene rings is 1. The number of esters is 1. The fraction of sp³-hybridized carbons (Fsp3) is 0.200. The first-order chi connectivity index (χ1) is 11.3. The van der Waals surface area contributed by atoms with Gasteiger partial charge in [0.05, 0.1) is 11.6 Å². The van der Waals surface area contributed by atoms with Crippen LogP contribution < -0.4 is 10.5 Å². The van der Waals surface area contributed by atoms with Crippen LogP contribution in [0.2, 0.25) is 0 Å². The average Bonchev–Trinajstić information content (AvgIpc) is 3.03. The monoisotopic (exact) mass is 368 g/mol. The van der Waals surface area contributed by atoms with Gasteiger partial charge in [0.15, 0.2) is 6.61 Å². The van der Waals surface area contributed by atoms with E-state index in [1.165, 1.54) is 5.38 Å². The van der Waals surface area contributed by atoms with Gasteiger partial charge < -0.3 is 10.1 Å². The molecule has 0 saturated heterocycles. The molecule has 1 heterocycles. The summed E-state index contributed by atoms with van der Waals surface area (Å²) in [4.78, 5) is 23.6. The van der Waals surface area contributed by atoms with Crippen LogP contribution in [-0.2, 0) is 19.6 Å². The number of nitrogens with two attached hydrogens (primary N) is 1. The van der Waals surface area contributed by atoms with Crippen LogP contribution in [0.4, 0.5) is 0 Å². The van der Waals surface area contributed by atoms with Gasteiger partial charge in [-0.3, -0.25) is 4.79 Å². The van der Waals surface area contributed by atoms with Gasteiger partial charge in [-0.25, -0.2) is 18.4 Å². The Balaban J connectivity index is 1.87. The molecule has 128 valence electrons. The number of benzene rings is 1. The van der Waals surface area contributed by atoms with Gasteiger partial charge in [-0.2, -0.15) is 0 Å². The van der Waals surface area contributed by atoms with Crippen molar-refractivity contribution in [1.82, 2.24) is 5.32 Å². The number of sulfonamides is 1. The molecule has 24 heavy (non-hydrogen) atoms. The Bertz CT molecular complexity index is 831. The molecule has 0 aliphatic carbocycles. The molecule has 7 nitrogen and oxygen atoms in total. The lowest BCUT2D eigenvalue weighted by Crippen LogP contribution is -2.31. The number of amides is 1. The van der Waals surface area contributed by atoms with Crippen LogP contribution in [0, 0.1) is 0 Å². The second kappa shape index (κ2) is 7.56. The standard InChI is InChI=1S/C15H16N2O5S2/c1-10(11-5-3-2-4-6-11)17-13(18)8-22-15(19)12-7-14(23-9-12)24(16,20)21/h2-7,9-10H,8H2,1H3,(H,17,18)(H2,16,20,21). The van der Waals surface area contributed by atoms with Crippen molar-refractivity contribution < 1.29 is 22.7 Å². The third-order valence-corrected chi connectivity index (χ3v) is 5.49. The molecule has 1 aromatic heterocycles. The van der Waals surface area contributed by atoms with Gasteiger partial charge >= 0.3 is 5.97 Å². The second-order valence-electron chi connectivity index (χ2n) is 4.98. The molecule has 0 fully saturated rings. The highest BCUT2D eigenvalue weighted by atomic mass is 32.2. The summed E-state index contributed by atoms with van der Waals surface area (Å²) < 4.78 is 27.1. The van der Waals surface area contributed by atoms with Gasteiger partial charge in [0, 0.05) is 5.38 Å². The predicted molar refractivity (Wildman–Crippen MR) is 89.0 cm³/mol. The number of rotatable bonds is 6. The van der Waals surface area contributed by atoms with E-state index in [2.05, 4.69) is 5.32 Å². The van der Waals surface area contributed by atoms with Gasteiger partial charge in [0.25, 0.3) is 5.91 Å². The van der Waals surface area contributed by atoms with E-state index in [1.807, 2.05) is 37.3 Å². The molecule has 0 spiro atoms. The minimum Gasteiger partial charge on any atom is -0.452 e. The van der Waals surface area contributed by atoms with Crippen LogP contribution in [0.25, 0.3) is 0 Å². The summed E-state index contributed by atoms with van der Waals surface area (Å²) in [5, 5.41) is 8.98. The molecule has 2 aromatic rings. The summed E-state index contributed by atoms with van der Waals surface area (Å²) in [6.07, 6.45) is 0. The molecule has 0 aliphatic rings. The normalized spacial score (nSPS) is 12.4. The van der Waals surface area contributed by atoms with Crippen LogP contribution in [-0.4, -0.2) is 26.9 Å². The third kappa shape index (κ3) is 4.88. The number of carbonyl (C=O) groups excluding carboxylic acids is 2. The molecular formula is C15H16N2O5S2. The Morgan fingerprint density at radius 2 is 1.96 bits per heavy atom. The maximum atomic E-state index is 11.8. The van der Waals surface area contributed by atoms with Gasteiger partial charge in [-0.15, -0.1) is 11.3 Å². The minimum absolute atomic E-state index is 0.0351. The van der Waals surface area contributed by atoms with Gasteiger partial charge in [-0.1, -0.05) is 30.3 Å². The largest absolute Gasteiger partial charge is 0.452 e. The highest BCUT2D eigenvalue weighted by molar-refractivity contribution is 7.91. The lowest BCUT2D eigenvalue weighted by molar-refractivity contribution is -0.124. The third-order valence-electron chi connectivity index (χ3n) is 3.10. The lowest BCUT2D eigenvalue weighted by Gasteiger charge is -2.14. The molecular weight excluding hydrogens is 352 g/mol. The maximum absolute atomic E-state index is 11.8. The van der Waals surface area contributed by atoms with Crippen LogP contribution in [0.1, 0.15) is 28.9 Å². The van der Waals surface area contributed by atoms with Crippen LogP contribution >= 0.6 is 11.3 Å². The number of primary sulfonamides is 1. The van der Waals surface area contributed by atoms with E-state index in [1.54, 1.807) is 0 Å². The first-order valence-electron chi connectivity index (χ1n) is 6.90. The van der Waals surface area contributed by atoms with E-state index in [9.17, 15) is 18.0 Å². The van der Waals surface area contributed by atoms with Crippen molar-refractivity contribution in [2.45, 2.75) is 17.2 Å². The first-order valence-corrected chi connectivity index (χ1v) is 9.32. The zero-order chi connectivity index (χ0) is 17.7. The first kappa shape index (κ1) is 18.1. The molecule has 0 saturated carbocycles. The molecule has 9 heteroatoms. The average molecular weight is 368 g/mol. The van der Waals surface area contributed by atoms with Crippen LogP contribution in [0.15, 0.2) is 46.0 Å². The molecule has 1 aromatic carbocycles. The molecule has 1 unspecified atom stereocenters. The van der Waals surface area contributed by atoms with Crippen molar-refractivity contribution in [3.05, 3.63) is 52.9 Å². The fourth-order valence-electron chi connectivity index (χ4n) is 1.90. The number of hydrogen-bond donors (Lipinski definition) is 2. The van der Waals surface area contributed by atoms with E-state index < -0.39 is 28.5 Å². The predicted octanol–water partition coefficient (Wildman–Crippen LogP) is 1.43. The van der Waals surface area contributed by atoms with Crippen LogP contribution in [0.3, 0.4) is 0 Å². The van der Waals surface area contributed by atoms with Crippen molar-refractivity contribution in [3.63, 3.8) is 0 Å². The van der Waals surface area contributed by atoms with Gasteiger partial charge in [0.1, 0.15) is 4.21 Å². The quantitative estimate of drug-likeness (QED) is 0.748. The van der Waals surface area contributed by atoms with Crippen molar-refractivity contribution >= 4 is 33.2 Å². The number of hydrogen-bond acceptors (Lipinski definition) is 6. The Labute approximate surface area is 143 Å². The highest BCUT2D eigenvalue weighted by Crippen LogP contribution is 2.19. The number of nitrogens with one attached hydrogen (secondary N) is 1. The molecule has 2 rings (SSSR count). The fourth-order valence-corrected chi connectivity index (χ4v) is 3.47. The summed E-state index contributed by atoms with van der Waals surface area (Å²) in [6, 6.07) is 10.2. The smallest absolute Gasteiger partial charge is 0.339 e. The molecule has 0 radical (unpaired) electrons. The summed E-state index contributed by atoms with van der Waals surface area (Å²) in [7, 11) is -3.86. The van der Waals surface area contributed by atoms with Crippen LogP contribution in [0.5, 0.6) is 0 Å². The maximum Gasteiger partial charge on any atom is 0.339 e. The molecule has 0 bridgehead atoms. The van der Waals surface area contributed by atoms with Crippen molar-refractivity contribution in [3.8, 4) is 0 Å². The lowest BCUT2D eigenvalue weighted by atomic mass is 10.1. The van der Waals surface area contributed by atoms with Crippen molar-refractivity contribution in [2.75, 3.05) is 6.61 Å². The Kier molecular flexibility index (Phi) is 5.71. The summed E-state index contributed by atoms with van der Waals surface area (Å²) >= 11 is 0.813. The number of carbonyl (C=O) groups is 2. The van der Waals surface area contributed by atoms with E-state index in [0.717, 1.165) is 23.0 Å². The number of ether oxygens (including phenoxy) is 1. The topological polar surface area (TPSA) is 116 Å². The SMILES string of the molecule is CC(NC(=O)COC(=O)c1csc(S(N)(=O)=O)c1)c1ccccc1. The van der Waals surface area contributed by atoms with E-state index in [0.29, 0.717) is 0 Å². The Morgan fingerprint density at radius 1 is 1.29 bits per heavy atom. The zero-order valence-electron chi connectivity index (χ0n) is 12.8. The van der Waals surface area contributed by atoms with Crippen molar-refractivity contribution in [2.24, 2.45) is 5.14 Å². The highest BCUT2D eigenvalue weighted by Gasteiger charge is 2.17.